The summed E-state index contributed by atoms with van der Waals surface area (Å²) in [5.41, 5.74) is 5.56. The number of nitrogens with one attached hydrogen (secondary N) is 2. The van der Waals surface area contributed by atoms with E-state index in [1.165, 1.54) is 25.9 Å². The van der Waals surface area contributed by atoms with Crippen molar-refractivity contribution < 1.29 is 9.53 Å². The molecule has 0 aromatic heterocycles. The summed E-state index contributed by atoms with van der Waals surface area (Å²) in [6.07, 6.45) is 2.06. The van der Waals surface area contributed by atoms with Gasteiger partial charge in [-0.15, -0.1) is 0 Å². The van der Waals surface area contributed by atoms with Crippen molar-refractivity contribution in [1.82, 2.24) is 15.8 Å². The van der Waals surface area contributed by atoms with E-state index in [9.17, 15) is 4.79 Å². The Hall–Kier alpha value is -0.810. The van der Waals surface area contributed by atoms with Crippen molar-refractivity contribution in [2.45, 2.75) is 39.2 Å². The lowest BCUT2D eigenvalue weighted by molar-refractivity contribution is 0.0489. The topological polar surface area (TPSA) is 53.6 Å². The van der Waals surface area contributed by atoms with Gasteiger partial charge in [0.25, 0.3) is 0 Å². The molecule has 0 aromatic rings. The Kier molecular flexibility index (Phi) is 3.32. The Labute approximate surface area is 103 Å². The molecule has 0 unspecified atom stereocenters. The number of carbonyl (C=O) groups is 1. The van der Waals surface area contributed by atoms with Crippen LogP contribution in [0.15, 0.2) is 0 Å². The second-order valence-electron chi connectivity index (χ2n) is 6.26. The van der Waals surface area contributed by atoms with Crippen LogP contribution in [0.25, 0.3) is 0 Å². The van der Waals surface area contributed by atoms with E-state index in [-0.39, 0.29) is 0 Å². The molecule has 2 fully saturated rings. The number of fused-ring (bicyclic) bond motifs is 2. The zero-order valence-corrected chi connectivity index (χ0v) is 11.0. The molecule has 0 saturated carbocycles. The fraction of sp³-hybridized carbons (Fsp3) is 0.917. The van der Waals surface area contributed by atoms with Gasteiger partial charge in [0.2, 0.25) is 0 Å². The van der Waals surface area contributed by atoms with Crippen molar-refractivity contribution in [1.29, 1.82) is 0 Å². The maximum atomic E-state index is 11.4. The highest BCUT2D eigenvalue weighted by molar-refractivity contribution is 5.66. The number of amides is 1. The molecule has 2 saturated heterocycles. The average molecular weight is 241 g/mol. The van der Waals surface area contributed by atoms with Gasteiger partial charge in [-0.1, -0.05) is 0 Å². The van der Waals surface area contributed by atoms with Gasteiger partial charge in [-0.25, -0.2) is 10.2 Å². The Bertz CT molecular complexity index is 291. The van der Waals surface area contributed by atoms with Crippen molar-refractivity contribution in [2.75, 3.05) is 26.2 Å². The molecular weight excluding hydrogens is 218 g/mol. The molecule has 2 aliphatic rings. The van der Waals surface area contributed by atoms with Gasteiger partial charge < -0.3 is 9.64 Å². The van der Waals surface area contributed by atoms with E-state index in [2.05, 4.69) is 15.8 Å². The Morgan fingerprint density at radius 1 is 1.35 bits per heavy atom. The minimum Gasteiger partial charge on any atom is -0.443 e. The fourth-order valence-electron chi connectivity index (χ4n) is 2.66. The van der Waals surface area contributed by atoms with E-state index < -0.39 is 11.7 Å². The minimum atomic E-state index is -0.443. The highest BCUT2D eigenvalue weighted by atomic mass is 16.6. The van der Waals surface area contributed by atoms with E-state index in [1.54, 1.807) is 0 Å². The van der Waals surface area contributed by atoms with Gasteiger partial charge in [0.05, 0.1) is 0 Å². The first-order chi connectivity index (χ1) is 7.89. The number of nitrogens with zero attached hydrogens (tertiary/aromatic N) is 1. The van der Waals surface area contributed by atoms with Crippen LogP contribution in [0.3, 0.4) is 0 Å². The number of ether oxygens (including phenoxy) is 1. The molecule has 5 nitrogen and oxygen atoms in total. The van der Waals surface area contributed by atoms with Crippen LogP contribution in [0, 0.1) is 5.41 Å². The molecule has 2 N–H and O–H groups in total. The molecule has 2 rings (SSSR count). The molecule has 5 heteroatoms. The molecule has 2 heterocycles. The van der Waals surface area contributed by atoms with Crippen molar-refractivity contribution in [3.05, 3.63) is 0 Å². The first-order valence-electron chi connectivity index (χ1n) is 6.33. The molecule has 0 aliphatic carbocycles. The lowest BCUT2D eigenvalue weighted by Gasteiger charge is -2.26. The number of hydrogen-bond donors (Lipinski definition) is 2. The molecule has 17 heavy (non-hydrogen) atoms. The van der Waals surface area contributed by atoms with Gasteiger partial charge in [-0.2, -0.15) is 0 Å². The standard InChI is InChI=1S/C12H23N3O2/c1-11(2,3)17-10(16)14-13-8-12-4-6-15(9-12)7-5-12/h13H,4-9H2,1-3H3,(H,14,16). The minimum absolute atomic E-state index is 0.370. The van der Waals surface area contributed by atoms with Crippen LogP contribution >= 0.6 is 0 Å². The normalized spacial score (nSPS) is 31.6. The highest BCUT2D eigenvalue weighted by Crippen LogP contribution is 2.39. The Balaban J connectivity index is 1.68. The van der Waals surface area contributed by atoms with Crippen LogP contribution in [0.4, 0.5) is 4.79 Å². The summed E-state index contributed by atoms with van der Waals surface area (Å²) in [4.78, 5) is 13.9. The molecule has 2 bridgehead atoms. The quantitative estimate of drug-likeness (QED) is 0.727. The summed E-state index contributed by atoms with van der Waals surface area (Å²) >= 11 is 0. The third-order valence-electron chi connectivity index (χ3n) is 3.53. The maximum absolute atomic E-state index is 11.4. The van der Waals surface area contributed by atoms with Crippen LogP contribution in [0.5, 0.6) is 0 Å². The van der Waals surface area contributed by atoms with E-state index in [0.29, 0.717) is 5.41 Å². The highest BCUT2D eigenvalue weighted by Gasteiger charge is 2.43. The van der Waals surface area contributed by atoms with E-state index in [4.69, 9.17) is 4.74 Å². The van der Waals surface area contributed by atoms with Gasteiger partial charge in [-0.3, -0.25) is 5.43 Å². The molecule has 0 radical (unpaired) electrons. The summed E-state index contributed by atoms with van der Waals surface area (Å²) in [7, 11) is 0. The van der Waals surface area contributed by atoms with Crippen LogP contribution in [-0.4, -0.2) is 42.8 Å². The zero-order valence-electron chi connectivity index (χ0n) is 11.0. The second kappa shape index (κ2) is 4.46. The SMILES string of the molecule is CC(C)(C)OC(=O)NNCC12CCN(CC1)C2. The van der Waals surface area contributed by atoms with E-state index >= 15 is 0 Å². The van der Waals surface area contributed by atoms with Crippen molar-refractivity contribution in [3.8, 4) is 0 Å². The number of hydrogen-bond acceptors (Lipinski definition) is 4. The maximum Gasteiger partial charge on any atom is 0.422 e. The number of rotatable bonds is 3. The van der Waals surface area contributed by atoms with Crippen molar-refractivity contribution >= 4 is 6.09 Å². The third kappa shape index (κ3) is 3.33. The predicted octanol–water partition coefficient (Wildman–Crippen LogP) is 1.11. The molecule has 98 valence electrons. The second-order valence-corrected chi connectivity index (χ2v) is 6.26. The van der Waals surface area contributed by atoms with Gasteiger partial charge >= 0.3 is 6.09 Å². The van der Waals surface area contributed by atoms with Crippen LogP contribution in [-0.2, 0) is 4.74 Å². The largest absolute Gasteiger partial charge is 0.443 e. The van der Waals surface area contributed by atoms with Gasteiger partial charge in [0.15, 0.2) is 0 Å². The molecule has 2 aliphatic heterocycles. The van der Waals surface area contributed by atoms with E-state index in [1.807, 2.05) is 20.8 Å². The first-order valence-corrected chi connectivity index (χ1v) is 6.33. The molecular formula is C12H23N3O2. The first kappa shape index (κ1) is 12.6. The summed E-state index contributed by atoms with van der Waals surface area (Å²) in [6, 6.07) is 0. The van der Waals surface area contributed by atoms with Gasteiger partial charge in [0.1, 0.15) is 5.60 Å². The Morgan fingerprint density at radius 2 is 2.00 bits per heavy atom. The molecule has 1 amide bonds. The van der Waals surface area contributed by atoms with Crippen molar-refractivity contribution in [2.24, 2.45) is 5.41 Å². The summed E-state index contributed by atoms with van der Waals surface area (Å²) < 4.78 is 5.16. The summed E-state index contributed by atoms with van der Waals surface area (Å²) in [5, 5.41) is 0. The molecule has 0 atom stereocenters. The van der Waals surface area contributed by atoms with Gasteiger partial charge in [0, 0.05) is 13.1 Å². The summed E-state index contributed by atoms with van der Waals surface area (Å²) in [6.45, 7) is 9.98. The van der Waals surface area contributed by atoms with Crippen molar-refractivity contribution in [3.63, 3.8) is 0 Å². The van der Waals surface area contributed by atoms with E-state index in [0.717, 1.165) is 13.1 Å². The summed E-state index contributed by atoms with van der Waals surface area (Å²) in [5.74, 6) is 0. The molecule has 0 spiro atoms. The number of carbonyl (C=O) groups excluding carboxylic acids is 1. The average Bonchev–Trinajstić information content (AvgIpc) is 2.74. The number of hydrazine groups is 1. The Morgan fingerprint density at radius 3 is 2.47 bits per heavy atom. The van der Waals surface area contributed by atoms with Crippen LogP contribution in [0.2, 0.25) is 0 Å². The molecule has 0 aromatic carbocycles. The van der Waals surface area contributed by atoms with Crippen LogP contribution < -0.4 is 10.9 Å². The number of piperidine rings is 1. The predicted molar refractivity (Wildman–Crippen MR) is 65.5 cm³/mol. The monoisotopic (exact) mass is 241 g/mol. The lowest BCUT2D eigenvalue weighted by atomic mass is 9.85. The van der Waals surface area contributed by atoms with Gasteiger partial charge in [-0.05, 0) is 52.1 Å². The smallest absolute Gasteiger partial charge is 0.422 e. The fourth-order valence-corrected chi connectivity index (χ4v) is 2.66. The zero-order chi connectivity index (χ0) is 12.5. The lowest BCUT2D eigenvalue weighted by Crippen LogP contribution is -2.46. The third-order valence-corrected chi connectivity index (χ3v) is 3.53. The van der Waals surface area contributed by atoms with Crippen LogP contribution in [0.1, 0.15) is 33.6 Å².